The van der Waals surface area contributed by atoms with E-state index in [0.717, 1.165) is 15.8 Å². The van der Waals surface area contributed by atoms with Crippen LogP contribution in [0.1, 0.15) is 19.4 Å². The number of hydrogen-bond acceptors (Lipinski definition) is 5. The third-order valence-corrected chi connectivity index (χ3v) is 7.61. The van der Waals surface area contributed by atoms with Gasteiger partial charge in [0.1, 0.15) is 0 Å². The molecule has 9 heteroatoms. The van der Waals surface area contributed by atoms with Crippen molar-refractivity contribution >= 4 is 31.7 Å². The van der Waals surface area contributed by atoms with Gasteiger partial charge in [0.15, 0.2) is 27.3 Å². The molecule has 0 amide bonds. The van der Waals surface area contributed by atoms with Crippen molar-refractivity contribution in [3.63, 3.8) is 0 Å². The van der Waals surface area contributed by atoms with E-state index in [9.17, 15) is 8.42 Å². The highest BCUT2D eigenvalue weighted by molar-refractivity contribution is 9.10. The van der Waals surface area contributed by atoms with Crippen molar-refractivity contribution in [2.75, 3.05) is 32.7 Å². The monoisotopic (exact) mass is 431 g/mol. The molecule has 1 saturated heterocycles. The van der Waals surface area contributed by atoms with Gasteiger partial charge in [0.25, 0.3) is 0 Å². The van der Waals surface area contributed by atoms with Gasteiger partial charge in [-0.05, 0) is 47.5 Å². The molecular formula is C16H22BrN3O4S. The maximum atomic E-state index is 12.2. The summed E-state index contributed by atoms with van der Waals surface area (Å²) in [7, 11) is -1.37. The van der Waals surface area contributed by atoms with Crippen LogP contribution in [0, 0.1) is 0 Å². The van der Waals surface area contributed by atoms with Crippen LogP contribution < -0.4 is 14.8 Å². The fraction of sp³-hybridized carbons (Fsp3) is 0.562. The number of hydrogen-bond donors (Lipinski definition) is 1. The SMILES string of the molecule is CN=C(NCc1cc(Br)c2c(c1)OCO2)N1CCS(=O)(=O)C(C)(C)C1. The van der Waals surface area contributed by atoms with Crippen LogP contribution in [0.2, 0.25) is 0 Å². The number of halogens is 1. The van der Waals surface area contributed by atoms with Crippen molar-refractivity contribution in [1.29, 1.82) is 0 Å². The van der Waals surface area contributed by atoms with Gasteiger partial charge in [-0.2, -0.15) is 0 Å². The van der Waals surface area contributed by atoms with Crippen LogP contribution in [-0.4, -0.2) is 56.7 Å². The van der Waals surface area contributed by atoms with Gasteiger partial charge in [-0.3, -0.25) is 4.99 Å². The van der Waals surface area contributed by atoms with Gasteiger partial charge in [-0.1, -0.05) is 0 Å². The highest BCUT2D eigenvalue weighted by Gasteiger charge is 2.40. The maximum absolute atomic E-state index is 12.2. The summed E-state index contributed by atoms with van der Waals surface area (Å²) in [6.45, 7) is 5.15. The van der Waals surface area contributed by atoms with Gasteiger partial charge >= 0.3 is 0 Å². The van der Waals surface area contributed by atoms with Gasteiger partial charge in [-0.25, -0.2) is 8.42 Å². The van der Waals surface area contributed by atoms with Crippen LogP contribution in [0.4, 0.5) is 0 Å². The highest BCUT2D eigenvalue weighted by atomic mass is 79.9. The molecule has 0 radical (unpaired) electrons. The summed E-state index contributed by atoms with van der Waals surface area (Å²) in [5.41, 5.74) is 1.01. The number of aliphatic imine (C=N–C) groups is 1. The van der Waals surface area contributed by atoms with Crippen molar-refractivity contribution in [2.24, 2.45) is 4.99 Å². The average Bonchev–Trinajstić information content (AvgIpc) is 3.00. The van der Waals surface area contributed by atoms with Crippen molar-refractivity contribution in [2.45, 2.75) is 25.1 Å². The van der Waals surface area contributed by atoms with Crippen molar-refractivity contribution < 1.29 is 17.9 Å². The average molecular weight is 432 g/mol. The van der Waals surface area contributed by atoms with Gasteiger partial charge in [-0.15, -0.1) is 0 Å². The number of guanidine groups is 1. The normalized spacial score (nSPS) is 21.3. The maximum Gasteiger partial charge on any atom is 0.231 e. The van der Waals surface area contributed by atoms with Crippen LogP contribution in [0.3, 0.4) is 0 Å². The van der Waals surface area contributed by atoms with E-state index in [-0.39, 0.29) is 12.5 Å². The van der Waals surface area contributed by atoms with E-state index in [0.29, 0.717) is 31.3 Å². The fourth-order valence-corrected chi connectivity index (χ4v) is 4.93. The molecule has 0 spiro atoms. The zero-order valence-corrected chi connectivity index (χ0v) is 16.9. The van der Waals surface area contributed by atoms with Gasteiger partial charge < -0.3 is 19.7 Å². The Morgan fingerprint density at radius 1 is 1.40 bits per heavy atom. The number of nitrogens with one attached hydrogen (secondary N) is 1. The number of ether oxygens (including phenoxy) is 2. The van der Waals surface area contributed by atoms with Crippen molar-refractivity contribution in [3.05, 3.63) is 22.2 Å². The minimum Gasteiger partial charge on any atom is -0.454 e. The zero-order valence-electron chi connectivity index (χ0n) is 14.5. The van der Waals surface area contributed by atoms with E-state index in [1.165, 1.54) is 0 Å². The summed E-state index contributed by atoms with van der Waals surface area (Å²) < 4.78 is 35.2. The molecule has 0 aliphatic carbocycles. The summed E-state index contributed by atoms with van der Waals surface area (Å²) >= 11 is 3.49. The molecule has 1 aromatic rings. The van der Waals surface area contributed by atoms with E-state index >= 15 is 0 Å². The first-order valence-corrected chi connectivity index (χ1v) is 10.4. The minimum atomic E-state index is -3.08. The van der Waals surface area contributed by atoms with E-state index in [1.807, 2.05) is 17.0 Å². The first kappa shape index (κ1) is 18.3. The first-order valence-electron chi connectivity index (χ1n) is 7.99. The predicted molar refractivity (Wildman–Crippen MR) is 99.9 cm³/mol. The van der Waals surface area contributed by atoms with Gasteiger partial charge in [0, 0.05) is 26.7 Å². The summed E-state index contributed by atoms with van der Waals surface area (Å²) in [5.74, 6) is 2.26. The Hall–Kier alpha value is -1.48. The van der Waals surface area contributed by atoms with Crippen LogP contribution >= 0.6 is 15.9 Å². The molecule has 25 heavy (non-hydrogen) atoms. The molecule has 138 valence electrons. The summed E-state index contributed by atoms with van der Waals surface area (Å²) in [5, 5.41) is 3.30. The minimum absolute atomic E-state index is 0.135. The Labute approximate surface area is 156 Å². The number of nitrogens with zero attached hydrogens (tertiary/aromatic N) is 2. The Morgan fingerprint density at radius 2 is 2.16 bits per heavy atom. The second kappa shape index (κ2) is 6.68. The molecule has 3 rings (SSSR count). The van der Waals surface area contributed by atoms with Crippen molar-refractivity contribution in [1.82, 2.24) is 10.2 Å². The number of sulfone groups is 1. The molecule has 0 aromatic heterocycles. The molecule has 1 N–H and O–H groups in total. The highest BCUT2D eigenvalue weighted by Crippen LogP contribution is 2.39. The van der Waals surface area contributed by atoms with Crippen LogP contribution in [0.5, 0.6) is 11.5 Å². The third kappa shape index (κ3) is 3.57. The largest absolute Gasteiger partial charge is 0.454 e. The molecule has 2 aliphatic heterocycles. The molecule has 0 saturated carbocycles. The Morgan fingerprint density at radius 3 is 2.84 bits per heavy atom. The quantitative estimate of drug-likeness (QED) is 0.567. The van der Waals surface area contributed by atoms with E-state index in [1.54, 1.807) is 20.9 Å². The molecule has 1 aromatic carbocycles. The smallest absolute Gasteiger partial charge is 0.231 e. The lowest BCUT2D eigenvalue weighted by Gasteiger charge is -2.39. The number of fused-ring (bicyclic) bond motifs is 1. The van der Waals surface area contributed by atoms with Crippen molar-refractivity contribution in [3.8, 4) is 11.5 Å². The molecule has 2 aliphatic rings. The summed E-state index contributed by atoms with van der Waals surface area (Å²) in [4.78, 5) is 6.29. The Balaban J connectivity index is 1.69. The summed E-state index contributed by atoms with van der Waals surface area (Å²) in [6.07, 6.45) is 0. The molecule has 7 nitrogen and oxygen atoms in total. The molecular weight excluding hydrogens is 410 g/mol. The second-order valence-corrected chi connectivity index (χ2v) is 10.3. The standard InChI is InChI=1S/C16H22BrN3O4S/c1-16(2)9-20(4-5-25(16,21)22)15(18-3)19-8-11-6-12(17)14-13(7-11)23-10-24-14/h6-7H,4-5,8-10H2,1-3H3,(H,18,19). The molecule has 0 atom stereocenters. The molecule has 2 heterocycles. The predicted octanol–water partition coefficient (Wildman–Crippen LogP) is 1.76. The lowest BCUT2D eigenvalue weighted by molar-refractivity contribution is 0.173. The van der Waals surface area contributed by atoms with Gasteiger partial charge in [0.2, 0.25) is 6.79 Å². The Kier molecular flexibility index (Phi) is 4.89. The molecule has 0 bridgehead atoms. The zero-order chi connectivity index (χ0) is 18.2. The Bertz CT molecular complexity index is 808. The molecule has 1 fully saturated rings. The lowest BCUT2D eigenvalue weighted by atomic mass is 10.2. The second-order valence-electron chi connectivity index (χ2n) is 6.71. The van der Waals surface area contributed by atoms with Gasteiger partial charge in [0.05, 0.1) is 15.0 Å². The summed E-state index contributed by atoms with van der Waals surface area (Å²) in [6, 6.07) is 3.90. The lowest BCUT2D eigenvalue weighted by Crippen LogP contribution is -2.57. The fourth-order valence-electron chi connectivity index (χ4n) is 2.96. The van der Waals surface area contributed by atoms with Crippen LogP contribution in [0.15, 0.2) is 21.6 Å². The first-order chi connectivity index (χ1) is 11.7. The van der Waals surface area contributed by atoms with Crippen LogP contribution in [0.25, 0.3) is 0 Å². The van der Waals surface area contributed by atoms with Crippen LogP contribution in [-0.2, 0) is 16.4 Å². The van der Waals surface area contributed by atoms with E-state index in [4.69, 9.17) is 9.47 Å². The number of benzene rings is 1. The topological polar surface area (TPSA) is 80.2 Å². The number of rotatable bonds is 2. The van der Waals surface area contributed by atoms with E-state index < -0.39 is 14.6 Å². The van der Waals surface area contributed by atoms with E-state index in [2.05, 4.69) is 26.2 Å². The third-order valence-electron chi connectivity index (χ3n) is 4.49. The molecule has 0 unspecified atom stereocenters.